The third-order valence-corrected chi connectivity index (χ3v) is 4.88. The maximum atomic E-state index is 12.5. The van der Waals surface area contributed by atoms with E-state index in [1.54, 1.807) is 24.3 Å². The van der Waals surface area contributed by atoms with Gasteiger partial charge in [0, 0.05) is 12.2 Å². The zero-order valence-corrected chi connectivity index (χ0v) is 16.1. The van der Waals surface area contributed by atoms with Crippen LogP contribution in [-0.4, -0.2) is 44.2 Å². The number of ether oxygens (including phenoxy) is 2. The van der Waals surface area contributed by atoms with Crippen LogP contribution in [0.25, 0.3) is 0 Å². The minimum Gasteiger partial charge on any atom is -0.493 e. The molecule has 3 rings (SSSR count). The summed E-state index contributed by atoms with van der Waals surface area (Å²) in [7, 11) is 1.46. The summed E-state index contributed by atoms with van der Waals surface area (Å²) in [6.07, 6.45) is 2.55. The van der Waals surface area contributed by atoms with E-state index in [-0.39, 0.29) is 11.6 Å². The highest BCUT2D eigenvalue weighted by Gasteiger charge is 2.16. The normalized spacial score (nSPS) is 14.1. The summed E-state index contributed by atoms with van der Waals surface area (Å²) in [6.45, 7) is 3.92. The molecule has 2 aromatic carbocycles. The van der Waals surface area contributed by atoms with Crippen molar-refractivity contribution in [3.8, 4) is 11.5 Å². The molecule has 27 heavy (non-hydrogen) atoms. The molecule has 1 aliphatic heterocycles. The summed E-state index contributed by atoms with van der Waals surface area (Å²) in [6, 6.07) is 10.4. The van der Waals surface area contributed by atoms with Crippen LogP contribution in [0.15, 0.2) is 36.4 Å². The van der Waals surface area contributed by atoms with E-state index in [2.05, 4.69) is 10.2 Å². The number of nitrogens with one attached hydrogen (secondary N) is 1. The molecule has 0 atom stereocenters. The molecular formula is C20H24ClN3O3. The largest absolute Gasteiger partial charge is 0.493 e. The number of halogens is 1. The Morgan fingerprint density at radius 2 is 1.89 bits per heavy atom. The Morgan fingerprint density at radius 3 is 2.56 bits per heavy atom. The number of anilines is 2. The number of amides is 1. The summed E-state index contributed by atoms with van der Waals surface area (Å²) in [5.74, 6) is 0.746. The molecule has 1 amide bonds. The Balaban J connectivity index is 1.57. The second-order valence-corrected chi connectivity index (χ2v) is 6.82. The van der Waals surface area contributed by atoms with E-state index < -0.39 is 0 Å². The van der Waals surface area contributed by atoms with Gasteiger partial charge in [-0.3, -0.25) is 9.69 Å². The number of hydrogen-bond donors (Lipinski definition) is 2. The van der Waals surface area contributed by atoms with Gasteiger partial charge in [-0.05, 0) is 62.3 Å². The molecule has 0 spiro atoms. The van der Waals surface area contributed by atoms with Crippen molar-refractivity contribution in [2.24, 2.45) is 0 Å². The van der Waals surface area contributed by atoms with Gasteiger partial charge in [-0.1, -0.05) is 11.6 Å². The van der Waals surface area contributed by atoms with Crippen LogP contribution < -0.4 is 20.5 Å². The number of hydrogen-bond acceptors (Lipinski definition) is 5. The molecule has 6 nitrogen and oxygen atoms in total. The summed E-state index contributed by atoms with van der Waals surface area (Å²) < 4.78 is 10.9. The Kier molecular flexibility index (Phi) is 6.42. The zero-order chi connectivity index (χ0) is 19.2. The maximum Gasteiger partial charge on any atom is 0.257 e. The third-order valence-electron chi connectivity index (χ3n) is 4.58. The van der Waals surface area contributed by atoms with Crippen molar-refractivity contribution in [3.05, 3.63) is 47.0 Å². The quantitative estimate of drug-likeness (QED) is 0.707. The van der Waals surface area contributed by atoms with Crippen LogP contribution in [0.1, 0.15) is 23.2 Å². The van der Waals surface area contributed by atoms with Crippen LogP contribution in [-0.2, 0) is 0 Å². The fraction of sp³-hybridized carbons (Fsp3) is 0.350. The lowest BCUT2D eigenvalue weighted by molar-refractivity contribution is 0.102. The van der Waals surface area contributed by atoms with E-state index in [4.69, 9.17) is 26.8 Å². The highest BCUT2D eigenvalue weighted by atomic mass is 35.5. The zero-order valence-electron chi connectivity index (χ0n) is 15.3. The van der Waals surface area contributed by atoms with Gasteiger partial charge in [0.05, 0.1) is 23.4 Å². The third kappa shape index (κ3) is 4.84. The van der Waals surface area contributed by atoms with Gasteiger partial charge in [0.2, 0.25) is 0 Å². The van der Waals surface area contributed by atoms with Crippen molar-refractivity contribution >= 4 is 28.9 Å². The summed E-state index contributed by atoms with van der Waals surface area (Å²) in [4.78, 5) is 14.9. The van der Waals surface area contributed by atoms with Crippen molar-refractivity contribution in [2.75, 3.05) is 44.4 Å². The van der Waals surface area contributed by atoms with E-state index in [0.717, 1.165) is 25.4 Å². The van der Waals surface area contributed by atoms with Crippen molar-refractivity contribution in [1.29, 1.82) is 0 Å². The van der Waals surface area contributed by atoms with Gasteiger partial charge in [0.25, 0.3) is 5.91 Å². The molecule has 7 heteroatoms. The molecule has 1 aliphatic rings. The first-order chi connectivity index (χ1) is 13.1. The second kappa shape index (κ2) is 8.97. The molecule has 3 N–H and O–H groups in total. The van der Waals surface area contributed by atoms with E-state index in [0.29, 0.717) is 28.6 Å². The topological polar surface area (TPSA) is 76.8 Å². The number of methoxy groups -OCH3 is 1. The standard InChI is InChI=1S/C20H24ClN3O3/c1-26-19-17(21)9-8-16(18(19)22)20(25)23-14-4-6-15(7-5-14)27-13-12-24-10-2-3-11-24/h4-9H,2-3,10-13,22H2,1H3,(H,23,25). The van der Waals surface area contributed by atoms with Gasteiger partial charge in [-0.2, -0.15) is 0 Å². The number of carbonyl (C=O) groups is 1. The lowest BCUT2D eigenvalue weighted by atomic mass is 10.1. The number of nitrogen functional groups attached to an aromatic ring is 1. The summed E-state index contributed by atoms with van der Waals surface area (Å²) >= 11 is 6.01. The number of carbonyl (C=O) groups excluding carboxylic acids is 1. The molecule has 0 radical (unpaired) electrons. The lowest BCUT2D eigenvalue weighted by Crippen LogP contribution is -2.25. The molecular weight excluding hydrogens is 366 g/mol. The van der Waals surface area contributed by atoms with Crippen LogP contribution in [0.4, 0.5) is 11.4 Å². The number of nitrogens with two attached hydrogens (primary N) is 1. The number of likely N-dealkylation sites (tertiary alicyclic amines) is 1. The fourth-order valence-electron chi connectivity index (χ4n) is 3.11. The molecule has 1 fully saturated rings. The van der Waals surface area contributed by atoms with Crippen molar-refractivity contribution in [2.45, 2.75) is 12.8 Å². The van der Waals surface area contributed by atoms with Gasteiger partial charge in [0.15, 0.2) is 5.75 Å². The van der Waals surface area contributed by atoms with Crippen molar-refractivity contribution in [1.82, 2.24) is 4.90 Å². The predicted octanol–water partition coefficient (Wildman–Crippen LogP) is 3.66. The van der Waals surface area contributed by atoms with E-state index >= 15 is 0 Å². The lowest BCUT2D eigenvalue weighted by Gasteiger charge is -2.15. The van der Waals surface area contributed by atoms with E-state index in [1.807, 2.05) is 12.1 Å². The molecule has 0 saturated carbocycles. The van der Waals surface area contributed by atoms with Gasteiger partial charge in [-0.15, -0.1) is 0 Å². The van der Waals surface area contributed by atoms with Crippen LogP contribution in [0.2, 0.25) is 5.02 Å². The first-order valence-electron chi connectivity index (χ1n) is 8.97. The van der Waals surface area contributed by atoms with Gasteiger partial charge in [-0.25, -0.2) is 0 Å². The molecule has 1 heterocycles. The molecule has 0 bridgehead atoms. The second-order valence-electron chi connectivity index (χ2n) is 6.42. The first-order valence-corrected chi connectivity index (χ1v) is 9.35. The molecule has 144 valence electrons. The molecule has 0 aromatic heterocycles. The Bertz CT molecular complexity index is 790. The summed E-state index contributed by atoms with van der Waals surface area (Å²) in [5.41, 5.74) is 7.16. The minimum absolute atomic E-state index is 0.212. The highest BCUT2D eigenvalue weighted by Crippen LogP contribution is 2.33. The van der Waals surface area contributed by atoms with Crippen LogP contribution in [0.3, 0.4) is 0 Å². The van der Waals surface area contributed by atoms with Gasteiger partial charge < -0.3 is 20.5 Å². The SMILES string of the molecule is COc1c(Cl)ccc(C(=O)Nc2ccc(OCCN3CCCC3)cc2)c1N. The highest BCUT2D eigenvalue weighted by molar-refractivity contribution is 6.33. The monoisotopic (exact) mass is 389 g/mol. The van der Waals surface area contributed by atoms with Crippen LogP contribution >= 0.6 is 11.6 Å². The maximum absolute atomic E-state index is 12.5. The molecule has 2 aromatic rings. The molecule has 0 unspecified atom stereocenters. The number of nitrogens with zero attached hydrogens (tertiary/aromatic N) is 1. The van der Waals surface area contributed by atoms with E-state index in [9.17, 15) is 4.79 Å². The number of rotatable bonds is 7. The molecule has 1 saturated heterocycles. The smallest absolute Gasteiger partial charge is 0.257 e. The van der Waals surface area contributed by atoms with Crippen LogP contribution in [0, 0.1) is 0 Å². The van der Waals surface area contributed by atoms with Crippen molar-refractivity contribution < 1.29 is 14.3 Å². The average molecular weight is 390 g/mol. The Morgan fingerprint density at radius 1 is 1.19 bits per heavy atom. The minimum atomic E-state index is -0.329. The predicted molar refractivity (Wildman–Crippen MR) is 108 cm³/mol. The Hall–Kier alpha value is -2.44. The summed E-state index contributed by atoms with van der Waals surface area (Å²) in [5, 5.41) is 3.18. The van der Waals surface area contributed by atoms with Gasteiger partial charge >= 0.3 is 0 Å². The Labute approximate surface area is 164 Å². The first kappa shape index (κ1) is 19.3. The fourth-order valence-corrected chi connectivity index (χ4v) is 3.35. The average Bonchev–Trinajstić information content (AvgIpc) is 3.17. The van der Waals surface area contributed by atoms with Gasteiger partial charge in [0.1, 0.15) is 12.4 Å². The van der Waals surface area contributed by atoms with Crippen molar-refractivity contribution in [3.63, 3.8) is 0 Å². The molecule has 0 aliphatic carbocycles. The van der Waals surface area contributed by atoms with E-state index in [1.165, 1.54) is 20.0 Å². The van der Waals surface area contributed by atoms with Crippen LogP contribution in [0.5, 0.6) is 11.5 Å². The number of benzene rings is 2.